The monoisotopic (exact) mass is 607 g/mol. The van der Waals surface area contributed by atoms with E-state index in [0.717, 1.165) is 32.1 Å². The summed E-state index contributed by atoms with van der Waals surface area (Å²) >= 11 is 0. The van der Waals surface area contributed by atoms with Crippen molar-refractivity contribution in [1.29, 1.82) is 0 Å². The van der Waals surface area contributed by atoms with Crippen LogP contribution in [-0.4, -0.2) is 18.8 Å². The van der Waals surface area contributed by atoms with Gasteiger partial charge in [0.2, 0.25) is 0 Å². The summed E-state index contributed by atoms with van der Waals surface area (Å²) in [6.07, 6.45) is 10.1. The smallest absolute Gasteiger partial charge is 0.139 e. The number of nitrogens with two attached hydrogens (primary N) is 1. The molecule has 4 unspecified atom stereocenters. The van der Waals surface area contributed by atoms with Crippen molar-refractivity contribution in [2.45, 2.75) is 76.3 Å². The molecule has 2 heterocycles. The standard InChI is InChI=1S/C43H45NO2/c1-4-15-32-34(26-42(45-40(32)5-2)36-20-11-7-16-28(36)29-17-8-12-21-37(29)42)35-27-43(46-41(6-3)33(35)24-25-44)38-22-13-9-18-30(38)31-19-10-14-23-39(31)43/h7-14,16-23,26-27,32-33,40-41H,4-6,15,24-25,44H2,1-3H3. The molecule has 4 aliphatic rings. The molecule has 0 saturated carbocycles. The van der Waals surface area contributed by atoms with Crippen LogP contribution < -0.4 is 5.73 Å². The zero-order valence-electron chi connectivity index (χ0n) is 27.3. The van der Waals surface area contributed by atoms with Gasteiger partial charge in [0.15, 0.2) is 0 Å². The highest BCUT2D eigenvalue weighted by Gasteiger charge is 2.53. The Labute approximate surface area is 274 Å². The minimum Gasteiger partial charge on any atom is -0.358 e. The van der Waals surface area contributed by atoms with Gasteiger partial charge < -0.3 is 15.2 Å². The van der Waals surface area contributed by atoms with Crippen molar-refractivity contribution in [1.82, 2.24) is 0 Å². The Hall–Kier alpha value is -3.76. The van der Waals surface area contributed by atoms with Gasteiger partial charge >= 0.3 is 0 Å². The van der Waals surface area contributed by atoms with E-state index in [4.69, 9.17) is 15.2 Å². The lowest BCUT2D eigenvalue weighted by Gasteiger charge is -2.48. The third-order valence-electron chi connectivity index (χ3n) is 11.2. The Morgan fingerprint density at radius 1 is 0.522 bits per heavy atom. The second-order valence-electron chi connectivity index (χ2n) is 13.6. The number of benzene rings is 4. The van der Waals surface area contributed by atoms with Gasteiger partial charge in [-0.05, 0) is 77.8 Å². The van der Waals surface area contributed by atoms with Gasteiger partial charge in [0, 0.05) is 34.1 Å². The van der Waals surface area contributed by atoms with Crippen LogP contribution in [0.25, 0.3) is 22.3 Å². The van der Waals surface area contributed by atoms with Gasteiger partial charge in [-0.15, -0.1) is 0 Å². The van der Waals surface area contributed by atoms with E-state index in [1.54, 1.807) is 0 Å². The minimum atomic E-state index is -0.648. The first-order valence-corrected chi connectivity index (χ1v) is 17.5. The summed E-state index contributed by atoms with van der Waals surface area (Å²) in [5, 5.41) is 0. The van der Waals surface area contributed by atoms with Crippen molar-refractivity contribution in [2.75, 3.05) is 6.54 Å². The van der Waals surface area contributed by atoms with E-state index in [9.17, 15) is 0 Å². The quantitative estimate of drug-likeness (QED) is 0.227. The first-order valence-electron chi connectivity index (χ1n) is 17.5. The molecule has 2 N–H and O–H groups in total. The maximum Gasteiger partial charge on any atom is 0.139 e. The zero-order chi connectivity index (χ0) is 31.5. The summed E-state index contributed by atoms with van der Waals surface area (Å²) in [5.74, 6) is 0.484. The van der Waals surface area contributed by atoms with Gasteiger partial charge in [-0.3, -0.25) is 0 Å². The average molecular weight is 608 g/mol. The maximum atomic E-state index is 7.44. The van der Waals surface area contributed by atoms with Gasteiger partial charge in [-0.2, -0.15) is 0 Å². The van der Waals surface area contributed by atoms with E-state index >= 15 is 0 Å². The van der Waals surface area contributed by atoms with E-state index in [-0.39, 0.29) is 24.0 Å². The first-order chi connectivity index (χ1) is 22.6. The maximum absolute atomic E-state index is 7.44. The molecule has 0 saturated heterocycles. The van der Waals surface area contributed by atoms with Gasteiger partial charge in [0.05, 0.1) is 12.2 Å². The van der Waals surface area contributed by atoms with Crippen LogP contribution in [0.1, 0.15) is 75.1 Å². The Morgan fingerprint density at radius 2 is 0.870 bits per heavy atom. The van der Waals surface area contributed by atoms with Crippen LogP contribution >= 0.6 is 0 Å². The molecule has 8 rings (SSSR count). The van der Waals surface area contributed by atoms with E-state index < -0.39 is 11.2 Å². The topological polar surface area (TPSA) is 44.5 Å². The summed E-state index contributed by atoms with van der Waals surface area (Å²) in [6.45, 7) is 7.51. The number of fused-ring (bicyclic) bond motifs is 10. The van der Waals surface area contributed by atoms with Crippen LogP contribution in [0.2, 0.25) is 0 Å². The van der Waals surface area contributed by atoms with Crippen LogP contribution in [0.3, 0.4) is 0 Å². The van der Waals surface area contributed by atoms with Crippen LogP contribution in [0.4, 0.5) is 0 Å². The molecule has 2 aliphatic heterocycles. The van der Waals surface area contributed by atoms with Crippen molar-refractivity contribution in [2.24, 2.45) is 17.6 Å². The summed E-state index contributed by atoms with van der Waals surface area (Å²) in [6, 6.07) is 35.4. The molecule has 2 spiro atoms. The van der Waals surface area contributed by atoms with E-state index in [1.807, 2.05) is 0 Å². The number of ether oxygens (including phenoxy) is 2. The lowest BCUT2D eigenvalue weighted by Crippen LogP contribution is -2.46. The molecule has 3 nitrogen and oxygen atoms in total. The second-order valence-corrected chi connectivity index (χ2v) is 13.6. The molecule has 4 atom stereocenters. The molecule has 4 aromatic rings. The van der Waals surface area contributed by atoms with Crippen molar-refractivity contribution in [3.8, 4) is 22.3 Å². The highest BCUT2D eigenvalue weighted by atomic mass is 16.5. The molecule has 0 fully saturated rings. The van der Waals surface area contributed by atoms with Crippen LogP contribution in [-0.2, 0) is 20.7 Å². The van der Waals surface area contributed by atoms with Gasteiger partial charge in [-0.1, -0.05) is 124 Å². The Morgan fingerprint density at radius 3 is 1.20 bits per heavy atom. The van der Waals surface area contributed by atoms with Crippen molar-refractivity contribution in [3.05, 3.63) is 143 Å². The average Bonchev–Trinajstić information content (AvgIpc) is 3.53. The number of rotatable bonds is 7. The number of hydrogen-bond donors (Lipinski definition) is 1. The fraction of sp³-hybridized carbons (Fsp3) is 0.349. The van der Waals surface area contributed by atoms with Crippen molar-refractivity contribution >= 4 is 0 Å². The molecular formula is C43H45NO2. The van der Waals surface area contributed by atoms with Crippen LogP contribution in [0.5, 0.6) is 0 Å². The highest BCUT2D eigenvalue weighted by Crippen LogP contribution is 2.59. The summed E-state index contributed by atoms with van der Waals surface area (Å²) in [5.41, 5.74) is 18.1. The molecule has 3 heteroatoms. The lowest BCUT2D eigenvalue weighted by molar-refractivity contribution is -0.0862. The third-order valence-corrected chi connectivity index (χ3v) is 11.2. The summed E-state index contributed by atoms with van der Waals surface area (Å²) < 4.78 is 14.9. The zero-order valence-corrected chi connectivity index (χ0v) is 27.3. The van der Waals surface area contributed by atoms with Gasteiger partial charge in [-0.25, -0.2) is 0 Å². The van der Waals surface area contributed by atoms with Crippen molar-refractivity contribution in [3.63, 3.8) is 0 Å². The normalized spacial score (nSPS) is 24.6. The molecule has 0 bridgehead atoms. The SMILES string of the molecule is CCCC1C(C2=CC3(OC(CC)C2CCN)c2ccccc2-c2ccccc23)=CC2(OC1CC)c1ccccc1-c1ccccc12. The lowest BCUT2D eigenvalue weighted by atomic mass is 9.69. The Kier molecular flexibility index (Phi) is 7.40. The first kappa shape index (κ1) is 29.6. The molecule has 4 aromatic carbocycles. The number of hydrogen-bond acceptors (Lipinski definition) is 3. The summed E-state index contributed by atoms with van der Waals surface area (Å²) in [7, 11) is 0. The highest BCUT2D eigenvalue weighted by molar-refractivity contribution is 5.83. The van der Waals surface area contributed by atoms with E-state index in [2.05, 4.69) is 130 Å². The minimum absolute atomic E-state index is 0.0351. The van der Waals surface area contributed by atoms with Gasteiger partial charge in [0.1, 0.15) is 11.2 Å². The van der Waals surface area contributed by atoms with E-state index in [0.29, 0.717) is 6.54 Å². The summed E-state index contributed by atoms with van der Waals surface area (Å²) in [4.78, 5) is 0. The van der Waals surface area contributed by atoms with Gasteiger partial charge in [0.25, 0.3) is 0 Å². The fourth-order valence-electron chi connectivity index (χ4n) is 9.29. The third kappa shape index (κ3) is 4.15. The van der Waals surface area contributed by atoms with Crippen LogP contribution in [0.15, 0.2) is 120 Å². The van der Waals surface area contributed by atoms with Crippen LogP contribution in [0, 0.1) is 11.8 Å². The molecular weight excluding hydrogens is 562 g/mol. The predicted octanol–water partition coefficient (Wildman–Crippen LogP) is 9.69. The molecule has 46 heavy (non-hydrogen) atoms. The predicted molar refractivity (Wildman–Crippen MR) is 187 cm³/mol. The second kappa shape index (κ2) is 11.5. The fourth-order valence-corrected chi connectivity index (χ4v) is 9.29. The largest absolute Gasteiger partial charge is 0.358 e. The molecule has 2 aliphatic carbocycles. The Balaban J connectivity index is 1.44. The Bertz CT molecular complexity index is 1620. The van der Waals surface area contributed by atoms with Crippen molar-refractivity contribution < 1.29 is 9.47 Å². The molecule has 0 aromatic heterocycles. The molecule has 0 amide bonds. The van der Waals surface area contributed by atoms with E-state index in [1.165, 1.54) is 55.7 Å². The molecule has 0 radical (unpaired) electrons. The molecule has 234 valence electrons.